The summed E-state index contributed by atoms with van der Waals surface area (Å²) in [5, 5.41) is 9.37. The second kappa shape index (κ2) is 8.00. The molecule has 0 fully saturated rings. The number of thiazole rings is 1. The summed E-state index contributed by atoms with van der Waals surface area (Å²) in [6.45, 7) is 2.32. The Morgan fingerprint density at radius 2 is 2.12 bits per heavy atom. The first-order chi connectivity index (χ1) is 12.2. The van der Waals surface area contributed by atoms with Crippen molar-refractivity contribution in [2.75, 3.05) is 6.54 Å². The third-order valence-electron chi connectivity index (χ3n) is 3.56. The third kappa shape index (κ3) is 4.49. The highest BCUT2D eigenvalue weighted by atomic mass is 32.1. The standard InChI is InChI=1S/C17H19N5O2S/c1-11(19-17(23)13-10-25-15(20-13)7-8-18)16-21-14(24-22-16)9-12-5-3-2-4-6-12/h2-6,10-11H,7-9,18H2,1H3,(H,19,23). The van der Waals surface area contributed by atoms with E-state index in [0.717, 1.165) is 10.6 Å². The molecule has 0 aliphatic carbocycles. The fourth-order valence-corrected chi connectivity index (χ4v) is 3.07. The van der Waals surface area contributed by atoms with Gasteiger partial charge in [0.2, 0.25) is 5.89 Å². The predicted octanol–water partition coefficient (Wildman–Crippen LogP) is 2.11. The molecular formula is C17H19N5O2S. The first-order valence-corrected chi connectivity index (χ1v) is 8.85. The molecule has 1 atom stereocenters. The molecule has 0 saturated carbocycles. The smallest absolute Gasteiger partial charge is 0.271 e. The van der Waals surface area contributed by atoms with E-state index in [1.807, 2.05) is 37.3 Å². The molecule has 7 nitrogen and oxygen atoms in total. The second-order valence-corrected chi connectivity index (χ2v) is 6.51. The number of carbonyl (C=O) groups excluding carboxylic acids is 1. The summed E-state index contributed by atoms with van der Waals surface area (Å²) >= 11 is 1.43. The Kier molecular flexibility index (Phi) is 5.52. The van der Waals surface area contributed by atoms with Gasteiger partial charge in [0, 0.05) is 11.8 Å². The Morgan fingerprint density at radius 1 is 1.32 bits per heavy atom. The molecule has 3 aromatic rings. The third-order valence-corrected chi connectivity index (χ3v) is 4.47. The summed E-state index contributed by atoms with van der Waals surface area (Å²) in [7, 11) is 0. The van der Waals surface area contributed by atoms with Gasteiger partial charge in [-0.1, -0.05) is 35.5 Å². The van der Waals surface area contributed by atoms with E-state index in [1.54, 1.807) is 5.38 Å². The van der Waals surface area contributed by atoms with Gasteiger partial charge in [0.05, 0.1) is 17.5 Å². The number of nitrogens with one attached hydrogen (secondary N) is 1. The molecule has 0 bridgehead atoms. The molecule has 0 aliphatic heterocycles. The Labute approximate surface area is 149 Å². The highest BCUT2D eigenvalue weighted by Crippen LogP contribution is 2.14. The molecule has 0 aliphatic rings. The lowest BCUT2D eigenvalue weighted by atomic mass is 10.1. The molecule has 0 spiro atoms. The number of amides is 1. The SMILES string of the molecule is CC(NC(=O)c1csc(CCN)n1)c1noc(Cc2ccccc2)n1. The van der Waals surface area contributed by atoms with E-state index in [9.17, 15) is 4.79 Å². The maximum Gasteiger partial charge on any atom is 0.271 e. The number of rotatable bonds is 7. The number of nitrogens with two attached hydrogens (primary N) is 1. The van der Waals surface area contributed by atoms with Crippen LogP contribution in [0.15, 0.2) is 40.2 Å². The number of benzene rings is 1. The van der Waals surface area contributed by atoms with Crippen molar-refractivity contribution in [3.8, 4) is 0 Å². The summed E-state index contributed by atoms with van der Waals surface area (Å²) in [6, 6.07) is 9.50. The monoisotopic (exact) mass is 357 g/mol. The van der Waals surface area contributed by atoms with Gasteiger partial charge >= 0.3 is 0 Å². The second-order valence-electron chi connectivity index (χ2n) is 5.57. The van der Waals surface area contributed by atoms with Gasteiger partial charge in [-0.3, -0.25) is 4.79 Å². The van der Waals surface area contributed by atoms with Crippen LogP contribution in [-0.4, -0.2) is 27.6 Å². The normalized spacial score (nSPS) is 12.1. The number of nitrogens with zero attached hydrogens (tertiary/aromatic N) is 3. The Morgan fingerprint density at radius 3 is 2.88 bits per heavy atom. The van der Waals surface area contributed by atoms with Crippen molar-refractivity contribution in [3.63, 3.8) is 0 Å². The first kappa shape index (κ1) is 17.2. The van der Waals surface area contributed by atoms with Crippen LogP contribution < -0.4 is 11.1 Å². The zero-order valence-corrected chi connectivity index (χ0v) is 14.6. The van der Waals surface area contributed by atoms with Gasteiger partial charge in [0.1, 0.15) is 5.69 Å². The number of hydrogen-bond acceptors (Lipinski definition) is 7. The van der Waals surface area contributed by atoms with Gasteiger partial charge in [-0.05, 0) is 19.0 Å². The topological polar surface area (TPSA) is 107 Å². The summed E-state index contributed by atoms with van der Waals surface area (Å²) in [5.74, 6) is 0.694. The fourth-order valence-electron chi connectivity index (χ4n) is 2.27. The Hall–Kier alpha value is -2.58. The van der Waals surface area contributed by atoms with Gasteiger partial charge in [0.25, 0.3) is 5.91 Å². The van der Waals surface area contributed by atoms with Crippen LogP contribution in [-0.2, 0) is 12.8 Å². The highest BCUT2D eigenvalue weighted by molar-refractivity contribution is 7.09. The largest absolute Gasteiger partial charge is 0.341 e. The van der Waals surface area contributed by atoms with Gasteiger partial charge in [-0.2, -0.15) is 4.98 Å². The van der Waals surface area contributed by atoms with Crippen LogP contribution in [0.5, 0.6) is 0 Å². The molecule has 3 rings (SSSR count). The van der Waals surface area contributed by atoms with Crippen LogP contribution in [0.4, 0.5) is 0 Å². The lowest BCUT2D eigenvalue weighted by Crippen LogP contribution is -2.27. The molecule has 3 N–H and O–H groups in total. The van der Waals surface area contributed by atoms with E-state index in [2.05, 4.69) is 20.4 Å². The van der Waals surface area contributed by atoms with Crippen LogP contribution >= 0.6 is 11.3 Å². The first-order valence-electron chi connectivity index (χ1n) is 7.97. The summed E-state index contributed by atoms with van der Waals surface area (Å²) in [5.41, 5.74) is 6.97. The number of carbonyl (C=O) groups is 1. The predicted molar refractivity (Wildman–Crippen MR) is 94.3 cm³/mol. The van der Waals surface area contributed by atoms with Crippen molar-refractivity contribution >= 4 is 17.2 Å². The van der Waals surface area contributed by atoms with Crippen LogP contribution in [0.3, 0.4) is 0 Å². The van der Waals surface area contributed by atoms with Crippen LogP contribution in [0.2, 0.25) is 0 Å². The molecule has 130 valence electrons. The maximum absolute atomic E-state index is 12.3. The van der Waals surface area contributed by atoms with E-state index in [4.69, 9.17) is 10.3 Å². The average Bonchev–Trinajstić information content (AvgIpc) is 3.26. The molecular weight excluding hydrogens is 338 g/mol. The zero-order valence-electron chi connectivity index (χ0n) is 13.8. The number of hydrogen-bond donors (Lipinski definition) is 2. The van der Waals surface area contributed by atoms with E-state index in [1.165, 1.54) is 11.3 Å². The van der Waals surface area contributed by atoms with Crippen molar-refractivity contribution in [3.05, 3.63) is 63.7 Å². The summed E-state index contributed by atoms with van der Waals surface area (Å²) in [4.78, 5) is 20.9. The molecule has 0 saturated heterocycles. The maximum atomic E-state index is 12.3. The molecule has 8 heteroatoms. The van der Waals surface area contributed by atoms with Crippen molar-refractivity contribution in [2.24, 2.45) is 5.73 Å². The average molecular weight is 357 g/mol. The van der Waals surface area contributed by atoms with Gasteiger partial charge in [0.15, 0.2) is 5.82 Å². The molecule has 1 aromatic carbocycles. The zero-order chi connectivity index (χ0) is 17.6. The molecule has 25 heavy (non-hydrogen) atoms. The molecule has 2 aromatic heterocycles. The van der Waals surface area contributed by atoms with Gasteiger partial charge in [-0.15, -0.1) is 11.3 Å². The van der Waals surface area contributed by atoms with E-state index in [-0.39, 0.29) is 11.9 Å². The van der Waals surface area contributed by atoms with E-state index < -0.39 is 0 Å². The lowest BCUT2D eigenvalue weighted by Gasteiger charge is -2.08. The quantitative estimate of drug-likeness (QED) is 0.671. The molecule has 2 heterocycles. The highest BCUT2D eigenvalue weighted by Gasteiger charge is 2.18. The van der Waals surface area contributed by atoms with Crippen molar-refractivity contribution < 1.29 is 9.32 Å². The van der Waals surface area contributed by atoms with Crippen LogP contribution in [0.25, 0.3) is 0 Å². The lowest BCUT2D eigenvalue weighted by molar-refractivity contribution is 0.0933. The van der Waals surface area contributed by atoms with Gasteiger partial charge in [-0.25, -0.2) is 4.98 Å². The van der Waals surface area contributed by atoms with E-state index >= 15 is 0 Å². The molecule has 1 amide bonds. The van der Waals surface area contributed by atoms with Gasteiger partial charge < -0.3 is 15.6 Å². The van der Waals surface area contributed by atoms with E-state index in [0.29, 0.717) is 36.8 Å². The summed E-state index contributed by atoms with van der Waals surface area (Å²) in [6.07, 6.45) is 1.23. The molecule has 0 radical (unpaired) electrons. The molecule has 1 unspecified atom stereocenters. The Balaban J connectivity index is 1.61. The van der Waals surface area contributed by atoms with Crippen molar-refractivity contribution in [1.82, 2.24) is 20.4 Å². The minimum Gasteiger partial charge on any atom is -0.341 e. The minimum absolute atomic E-state index is 0.263. The van der Waals surface area contributed by atoms with Crippen LogP contribution in [0.1, 0.15) is 45.7 Å². The fraction of sp³-hybridized carbons (Fsp3) is 0.294. The number of aromatic nitrogens is 3. The van der Waals surface area contributed by atoms with Crippen molar-refractivity contribution in [1.29, 1.82) is 0 Å². The Bertz CT molecular complexity index is 830. The summed E-state index contributed by atoms with van der Waals surface area (Å²) < 4.78 is 5.27. The van der Waals surface area contributed by atoms with Crippen molar-refractivity contribution in [2.45, 2.75) is 25.8 Å². The minimum atomic E-state index is -0.375. The van der Waals surface area contributed by atoms with Crippen LogP contribution in [0, 0.1) is 0 Å².